The van der Waals surface area contributed by atoms with E-state index in [2.05, 4.69) is 15.3 Å². The Bertz CT molecular complexity index is 865. The molecule has 1 aromatic heterocycles. The molecule has 0 aliphatic rings. The number of aromatic nitrogens is 2. The molecule has 0 bridgehead atoms. The summed E-state index contributed by atoms with van der Waals surface area (Å²) in [4.78, 5) is 8.35. The van der Waals surface area contributed by atoms with Crippen LogP contribution in [0.15, 0.2) is 48.7 Å². The molecule has 1 heterocycles. The van der Waals surface area contributed by atoms with Gasteiger partial charge in [-0.3, -0.25) is 0 Å². The number of nitrogens with zero attached hydrogens (tertiary/aromatic N) is 2. The number of nitrogens with one attached hydrogen (secondary N) is 1. The quantitative estimate of drug-likeness (QED) is 0.698. The molecule has 3 nitrogen and oxygen atoms in total. The van der Waals surface area contributed by atoms with E-state index in [1.807, 2.05) is 30.5 Å². The summed E-state index contributed by atoms with van der Waals surface area (Å²) in [6, 6.07) is 11.2. The fourth-order valence-corrected chi connectivity index (χ4v) is 2.81. The molecule has 1 N–H and O–H groups in total. The lowest BCUT2D eigenvalue weighted by Crippen LogP contribution is -2.05. The molecule has 3 rings (SSSR count). The molecule has 124 valence electrons. The Labute approximate surface area is 141 Å². The number of benzene rings is 2. The lowest BCUT2D eigenvalue weighted by atomic mass is 10.1. The first-order valence-corrected chi connectivity index (χ1v) is 8.54. The van der Waals surface area contributed by atoms with Gasteiger partial charge in [0.2, 0.25) is 5.95 Å². The molecule has 0 unspecified atom stereocenters. The summed E-state index contributed by atoms with van der Waals surface area (Å²) in [6.45, 7) is 0. The van der Waals surface area contributed by atoms with Gasteiger partial charge in [0.1, 0.15) is 0 Å². The van der Waals surface area contributed by atoms with E-state index >= 15 is 0 Å². The van der Waals surface area contributed by atoms with E-state index in [1.54, 1.807) is 11.8 Å². The van der Waals surface area contributed by atoms with Crippen molar-refractivity contribution in [3.8, 4) is 0 Å². The molecular weight excluding hydrogens is 335 g/mol. The van der Waals surface area contributed by atoms with Crippen molar-refractivity contribution >= 4 is 34.3 Å². The molecule has 0 spiro atoms. The second-order valence-corrected chi connectivity index (χ2v) is 6.09. The third-order valence-electron chi connectivity index (χ3n) is 3.40. The number of anilines is 2. The van der Waals surface area contributed by atoms with Crippen LogP contribution in [0.5, 0.6) is 0 Å². The van der Waals surface area contributed by atoms with E-state index in [9.17, 15) is 13.2 Å². The van der Waals surface area contributed by atoms with Gasteiger partial charge in [-0.05, 0) is 36.1 Å². The van der Waals surface area contributed by atoms with Gasteiger partial charge in [0.15, 0.2) is 0 Å². The SMILES string of the molecule is CSCc1cccc(Nc2ncc3ccc(C(F)(F)F)cc3n2)c1. The lowest BCUT2D eigenvalue weighted by molar-refractivity contribution is -0.137. The van der Waals surface area contributed by atoms with Crippen molar-refractivity contribution in [1.82, 2.24) is 9.97 Å². The van der Waals surface area contributed by atoms with E-state index in [0.717, 1.165) is 29.1 Å². The number of hydrogen-bond acceptors (Lipinski definition) is 4. The Morgan fingerprint density at radius 3 is 2.71 bits per heavy atom. The monoisotopic (exact) mass is 349 g/mol. The molecule has 0 saturated carbocycles. The maximum atomic E-state index is 12.8. The van der Waals surface area contributed by atoms with Gasteiger partial charge in [-0.15, -0.1) is 0 Å². The molecule has 3 aromatic rings. The standard InChI is InChI=1S/C17H14F3N3S/c1-24-10-11-3-2-4-14(7-11)22-16-21-9-12-5-6-13(17(18,19)20)8-15(12)23-16/h2-9H,10H2,1H3,(H,21,22,23). The van der Waals surface area contributed by atoms with Gasteiger partial charge in [-0.1, -0.05) is 18.2 Å². The lowest BCUT2D eigenvalue weighted by Gasteiger charge is -2.09. The predicted molar refractivity (Wildman–Crippen MR) is 91.5 cm³/mol. The van der Waals surface area contributed by atoms with Crippen molar-refractivity contribution < 1.29 is 13.2 Å². The third kappa shape index (κ3) is 3.79. The second kappa shape index (κ2) is 6.68. The van der Waals surface area contributed by atoms with Gasteiger partial charge in [0.25, 0.3) is 0 Å². The zero-order chi connectivity index (χ0) is 17.2. The molecule has 24 heavy (non-hydrogen) atoms. The van der Waals surface area contributed by atoms with Gasteiger partial charge < -0.3 is 5.32 Å². The largest absolute Gasteiger partial charge is 0.416 e. The Morgan fingerprint density at radius 2 is 1.96 bits per heavy atom. The number of halogens is 3. The highest BCUT2D eigenvalue weighted by Crippen LogP contribution is 2.31. The average molecular weight is 349 g/mol. The maximum absolute atomic E-state index is 12.8. The van der Waals surface area contributed by atoms with Gasteiger partial charge in [0, 0.05) is 23.0 Å². The van der Waals surface area contributed by atoms with Crippen LogP contribution in [0.4, 0.5) is 24.8 Å². The summed E-state index contributed by atoms with van der Waals surface area (Å²) in [6.07, 6.45) is -0.861. The Balaban J connectivity index is 1.91. The fraction of sp³-hybridized carbons (Fsp3) is 0.176. The molecule has 2 aromatic carbocycles. The predicted octanol–water partition coefficient (Wildman–Crippen LogP) is 5.26. The van der Waals surface area contributed by atoms with E-state index in [0.29, 0.717) is 5.39 Å². The molecule has 0 aliphatic heterocycles. The fourth-order valence-electron chi connectivity index (χ4n) is 2.29. The van der Waals surface area contributed by atoms with Crippen LogP contribution < -0.4 is 5.32 Å². The van der Waals surface area contributed by atoms with Crippen LogP contribution in [0.2, 0.25) is 0 Å². The summed E-state index contributed by atoms with van der Waals surface area (Å²) >= 11 is 1.71. The molecule has 0 radical (unpaired) electrons. The van der Waals surface area contributed by atoms with Crippen molar-refractivity contribution in [2.24, 2.45) is 0 Å². The first kappa shape index (κ1) is 16.6. The molecule has 0 atom stereocenters. The maximum Gasteiger partial charge on any atom is 0.416 e. The number of thioether (sulfide) groups is 1. The van der Waals surface area contributed by atoms with Crippen molar-refractivity contribution in [1.29, 1.82) is 0 Å². The molecular formula is C17H14F3N3S. The second-order valence-electron chi connectivity index (χ2n) is 5.22. The van der Waals surface area contributed by atoms with Gasteiger partial charge in [-0.2, -0.15) is 24.9 Å². The Hall–Kier alpha value is -2.28. The average Bonchev–Trinajstić information content (AvgIpc) is 2.54. The highest BCUT2D eigenvalue weighted by molar-refractivity contribution is 7.97. The molecule has 7 heteroatoms. The minimum atomic E-state index is -4.39. The van der Waals surface area contributed by atoms with Crippen molar-refractivity contribution in [2.75, 3.05) is 11.6 Å². The van der Waals surface area contributed by atoms with Crippen LogP contribution >= 0.6 is 11.8 Å². The minimum absolute atomic E-state index is 0.252. The van der Waals surface area contributed by atoms with E-state index in [-0.39, 0.29) is 11.5 Å². The van der Waals surface area contributed by atoms with Crippen LogP contribution in [-0.4, -0.2) is 16.2 Å². The number of rotatable bonds is 4. The topological polar surface area (TPSA) is 37.8 Å². The molecule has 0 amide bonds. The number of fused-ring (bicyclic) bond motifs is 1. The summed E-state index contributed by atoms with van der Waals surface area (Å²) in [5, 5.41) is 3.60. The minimum Gasteiger partial charge on any atom is -0.324 e. The number of alkyl halides is 3. The first-order valence-electron chi connectivity index (χ1n) is 7.14. The van der Waals surface area contributed by atoms with E-state index in [1.165, 1.54) is 12.3 Å². The zero-order valence-corrected chi connectivity index (χ0v) is 13.6. The number of hydrogen-bond donors (Lipinski definition) is 1. The Kier molecular flexibility index (Phi) is 4.62. The van der Waals surface area contributed by atoms with Gasteiger partial charge in [-0.25, -0.2) is 9.97 Å². The summed E-state index contributed by atoms with van der Waals surface area (Å²) in [5.74, 6) is 1.14. The highest BCUT2D eigenvalue weighted by atomic mass is 32.2. The smallest absolute Gasteiger partial charge is 0.324 e. The molecule has 0 saturated heterocycles. The third-order valence-corrected chi connectivity index (χ3v) is 4.03. The van der Waals surface area contributed by atoms with E-state index in [4.69, 9.17) is 0 Å². The Morgan fingerprint density at radius 1 is 1.12 bits per heavy atom. The molecule has 0 fully saturated rings. The normalized spacial score (nSPS) is 11.7. The highest BCUT2D eigenvalue weighted by Gasteiger charge is 2.30. The van der Waals surface area contributed by atoms with Gasteiger partial charge in [0.05, 0.1) is 11.1 Å². The van der Waals surface area contributed by atoms with Gasteiger partial charge >= 0.3 is 6.18 Å². The van der Waals surface area contributed by atoms with Crippen LogP contribution in [0.3, 0.4) is 0 Å². The van der Waals surface area contributed by atoms with Crippen molar-refractivity contribution in [2.45, 2.75) is 11.9 Å². The zero-order valence-electron chi connectivity index (χ0n) is 12.8. The summed E-state index contributed by atoms with van der Waals surface area (Å²) in [5.41, 5.74) is 1.48. The summed E-state index contributed by atoms with van der Waals surface area (Å²) in [7, 11) is 0. The van der Waals surface area contributed by atoms with Crippen molar-refractivity contribution in [3.05, 3.63) is 59.8 Å². The first-order chi connectivity index (χ1) is 11.5. The van der Waals surface area contributed by atoms with Crippen LogP contribution in [0.1, 0.15) is 11.1 Å². The van der Waals surface area contributed by atoms with Crippen LogP contribution in [0, 0.1) is 0 Å². The summed E-state index contributed by atoms with van der Waals surface area (Å²) < 4.78 is 38.5. The van der Waals surface area contributed by atoms with Crippen LogP contribution in [0.25, 0.3) is 10.9 Å². The van der Waals surface area contributed by atoms with Crippen LogP contribution in [-0.2, 0) is 11.9 Å². The molecule has 0 aliphatic carbocycles. The van der Waals surface area contributed by atoms with Crippen molar-refractivity contribution in [3.63, 3.8) is 0 Å². The van der Waals surface area contributed by atoms with E-state index < -0.39 is 11.7 Å².